The van der Waals surface area contributed by atoms with E-state index in [4.69, 9.17) is 9.84 Å². The van der Waals surface area contributed by atoms with Crippen LogP contribution in [0.3, 0.4) is 0 Å². The van der Waals surface area contributed by atoms with Gasteiger partial charge < -0.3 is 14.6 Å². The molecule has 0 rings (SSSR count). The Labute approximate surface area is 88.0 Å². The number of hydrogen-bond acceptors (Lipinski definition) is 4. The number of esters is 1. The Hall–Kier alpha value is -1.78. The minimum Gasteiger partial charge on any atom is -0.495 e. The highest BCUT2D eigenvalue weighted by Crippen LogP contribution is 1.93. The molecule has 0 aromatic carbocycles. The molecule has 0 radical (unpaired) electrons. The molecule has 0 atom stereocenters. The molecule has 0 aliphatic rings. The van der Waals surface area contributed by atoms with Gasteiger partial charge in [0.05, 0.1) is 5.76 Å². The van der Waals surface area contributed by atoms with Crippen molar-refractivity contribution in [2.24, 2.45) is 0 Å². The fourth-order valence-electron chi connectivity index (χ4n) is 0.616. The first kappa shape index (κ1) is 13.2. The van der Waals surface area contributed by atoms with Gasteiger partial charge in [-0.3, -0.25) is 0 Å². The first-order chi connectivity index (χ1) is 7.06. The van der Waals surface area contributed by atoms with E-state index in [0.717, 1.165) is 17.9 Å². The molecule has 0 heterocycles. The Morgan fingerprint density at radius 3 is 2.33 bits per heavy atom. The number of aliphatic carboxylic acids is 1. The molecule has 0 amide bonds. The SMILES string of the molecule is CC=C(C)OCCOC(=O)/C=C\C(=O)O. The zero-order chi connectivity index (χ0) is 11.7. The minimum absolute atomic E-state index is 0.0912. The molecule has 5 nitrogen and oxygen atoms in total. The van der Waals surface area contributed by atoms with E-state index in [1.165, 1.54) is 0 Å². The molecule has 0 aromatic rings. The molecule has 0 saturated carbocycles. The Balaban J connectivity index is 3.60. The van der Waals surface area contributed by atoms with Gasteiger partial charge >= 0.3 is 11.9 Å². The maximum Gasteiger partial charge on any atom is 0.331 e. The van der Waals surface area contributed by atoms with E-state index in [0.29, 0.717) is 0 Å². The normalized spacial score (nSPS) is 11.5. The van der Waals surface area contributed by atoms with Crippen LogP contribution < -0.4 is 0 Å². The Kier molecular flexibility index (Phi) is 6.70. The summed E-state index contributed by atoms with van der Waals surface area (Å²) in [7, 11) is 0. The Morgan fingerprint density at radius 1 is 1.20 bits per heavy atom. The molecule has 0 bridgehead atoms. The van der Waals surface area contributed by atoms with Crippen molar-refractivity contribution in [1.82, 2.24) is 0 Å². The van der Waals surface area contributed by atoms with E-state index in [1.54, 1.807) is 13.0 Å². The predicted molar refractivity (Wildman–Crippen MR) is 53.1 cm³/mol. The van der Waals surface area contributed by atoms with E-state index in [1.807, 2.05) is 6.92 Å². The van der Waals surface area contributed by atoms with E-state index < -0.39 is 11.9 Å². The summed E-state index contributed by atoms with van der Waals surface area (Å²) in [6, 6.07) is 0. The Morgan fingerprint density at radius 2 is 1.80 bits per heavy atom. The summed E-state index contributed by atoms with van der Waals surface area (Å²) < 4.78 is 9.76. The number of carbonyl (C=O) groups excluding carboxylic acids is 1. The predicted octanol–water partition coefficient (Wildman–Crippen LogP) is 1.11. The van der Waals surface area contributed by atoms with Crippen LogP contribution in [0.5, 0.6) is 0 Å². The number of carboxylic acid groups (broad SMARTS) is 1. The average molecular weight is 214 g/mol. The standard InChI is InChI=1S/C10H14O5/c1-3-8(2)14-6-7-15-10(13)5-4-9(11)12/h3-5H,6-7H2,1-2H3,(H,11,12)/b5-4-,8-3?. The maximum atomic E-state index is 10.8. The smallest absolute Gasteiger partial charge is 0.331 e. The average Bonchev–Trinajstić information content (AvgIpc) is 2.21. The van der Waals surface area contributed by atoms with Crippen molar-refractivity contribution in [2.75, 3.05) is 13.2 Å². The van der Waals surface area contributed by atoms with Gasteiger partial charge in [-0.05, 0) is 13.8 Å². The zero-order valence-corrected chi connectivity index (χ0v) is 8.73. The van der Waals surface area contributed by atoms with Crippen LogP contribution in [-0.4, -0.2) is 30.3 Å². The lowest BCUT2D eigenvalue weighted by Gasteiger charge is -2.05. The molecule has 0 unspecified atom stereocenters. The lowest BCUT2D eigenvalue weighted by molar-refractivity contribution is -0.139. The van der Waals surface area contributed by atoms with Crippen molar-refractivity contribution >= 4 is 11.9 Å². The van der Waals surface area contributed by atoms with Crippen LogP contribution in [0, 0.1) is 0 Å². The quantitative estimate of drug-likeness (QED) is 0.310. The van der Waals surface area contributed by atoms with Crippen LogP contribution in [0.4, 0.5) is 0 Å². The molecule has 1 N–H and O–H groups in total. The highest BCUT2D eigenvalue weighted by atomic mass is 16.6. The van der Waals surface area contributed by atoms with E-state index in [-0.39, 0.29) is 13.2 Å². The van der Waals surface area contributed by atoms with Gasteiger partial charge in [0.1, 0.15) is 13.2 Å². The number of carbonyl (C=O) groups is 2. The van der Waals surface area contributed by atoms with Gasteiger partial charge in [-0.25, -0.2) is 9.59 Å². The summed E-state index contributed by atoms with van der Waals surface area (Å²) >= 11 is 0. The van der Waals surface area contributed by atoms with Gasteiger partial charge in [0.2, 0.25) is 0 Å². The van der Waals surface area contributed by atoms with Crippen molar-refractivity contribution < 1.29 is 24.2 Å². The molecule has 0 saturated heterocycles. The van der Waals surface area contributed by atoms with Gasteiger partial charge in [0.15, 0.2) is 0 Å². The van der Waals surface area contributed by atoms with Gasteiger partial charge in [0, 0.05) is 12.2 Å². The van der Waals surface area contributed by atoms with Crippen molar-refractivity contribution in [3.05, 3.63) is 24.0 Å². The van der Waals surface area contributed by atoms with Crippen molar-refractivity contribution in [3.63, 3.8) is 0 Å². The maximum absolute atomic E-state index is 10.8. The number of rotatable bonds is 6. The van der Waals surface area contributed by atoms with Crippen molar-refractivity contribution in [3.8, 4) is 0 Å². The fourth-order valence-corrected chi connectivity index (χ4v) is 0.616. The number of carboxylic acids is 1. The van der Waals surface area contributed by atoms with Crippen LogP contribution >= 0.6 is 0 Å². The second-order valence-corrected chi connectivity index (χ2v) is 2.59. The fraction of sp³-hybridized carbons (Fsp3) is 0.400. The Bertz CT molecular complexity index is 278. The van der Waals surface area contributed by atoms with E-state index in [9.17, 15) is 9.59 Å². The molecule has 0 spiro atoms. The second-order valence-electron chi connectivity index (χ2n) is 2.59. The molecule has 0 aliphatic heterocycles. The summed E-state index contributed by atoms with van der Waals surface area (Å²) in [6.07, 6.45) is 3.36. The molecular formula is C10H14O5. The number of allylic oxidation sites excluding steroid dienone is 2. The van der Waals surface area contributed by atoms with Crippen LogP contribution in [0.25, 0.3) is 0 Å². The molecule has 5 heteroatoms. The monoisotopic (exact) mass is 214 g/mol. The third-order valence-electron chi connectivity index (χ3n) is 1.43. The summed E-state index contributed by atoms with van der Waals surface area (Å²) in [5.41, 5.74) is 0. The van der Waals surface area contributed by atoms with Crippen molar-refractivity contribution in [1.29, 1.82) is 0 Å². The largest absolute Gasteiger partial charge is 0.495 e. The molecular weight excluding hydrogens is 200 g/mol. The van der Waals surface area contributed by atoms with E-state index >= 15 is 0 Å². The van der Waals surface area contributed by atoms with Crippen LogP contribution in [-0.2, 0) is 19.1 Å². The van der Waals surface area contributed by atoms with Crippen LogP contribution in [0.15, 0.2) is 24.0 Å². The summed E-state index contributed by atoms with van der Waals surface area (Å²) in [5.74, 6) is -1.14. The van der Waals surface area contributed by atoms with Gasteiger partial charge in [-0.2, -0.15) is 0 Å². The third kappa shape index (κ3) is 8.55. The molecule has 15 heavy (non-hydrogen) atoms. The molecule has 0 aliphatic carbocycles. The molecule has 84 valence electrons. The minimum atomic E-state index is -1.19. The first-order valence-corrected chi connectivity index (χ1v) is 4.39. The van der Waals surface area contributed by atoms with Crippen molar-refractivity contribution in [2.45, 2.75) is 13.8 Å². The molecule has 0 fully saturated rings. The first-order valence-electron chi connectivity index (χ1n) is 4.39. The van der Waals surface area contributed by atoms with Gasteiger partial charge in [-0.15, -0.1) is 0 Å². The number of hydrogen-bond donors (Lipinski definition) is 1. The van der Waals surface area contributed by atoms with Gasteiger partial charge in [-0.1, -0.05) is 6.08 Å². The lowest BCUT2D eigenvalue weighted by Crippen LogP contribution is -2.08. The summed E-state index contributed by atoms with van der Waals surface area (Å²) in [4.78, 5) is 20.9. The summed E-state index contributed by atoms with van der Waals surface area (Å²) in [5, 5.41) is 8.21. The van der Waals surface area contributed by atoms with Crippen LogP contribution in [0.1, 0.15) is 13.8 Å². The van der Waals surface area contributed by atoms with Gasteiger partial charge in [0.25, 0.3) is 0 Å². The van der Waals surface area contributed by atoms with E-state index in [2.05, 4.69) is 4.74 Å². The summed E-state index contributed by atoms with van der Waals surface area (Å²) in [6.45, 7) is 3.96. The zero-order valence-electron chi connectivity index (χ0n) is 8.73. The van der Waals surface area contributed by atoms with Crippen LogP contribution in [0.2, 0.25) is 0 Å². The topological polar surface area (TPSA) is 72.8 Å². The number of ether oxygens (including phenoxy) is 2. The highest BCUT2D eigenvalue weighted by molar-refractivity contribution is 5.90. The molecule has 0 aromatic heterocycles. The lowest BCUT2D eigenvalue weighted by atomic mass is 10.5. The second kappa shape index (κ2) is 7.61. The third-order valence-corrected chi connectivity index (χ3v) is 1.43. The highest BCUT2D eigenvalue weighted by Gasteiger charge is 1.98.